The van der Waals surface area contributed by atoms with E-state index >= 15 is 0 Å². The SMILES string of the molecule is C[C@@H](OC(=O)[C@@H]1CCCN1C(=O)c1cccs1)C(=O)Nc1ccc(Cl)cn1. The van der Waals surface area contributed by atoms with Gasteiger partial charge in [-0.2, -0.15) is 0 Å². The van der Waals surface area contributed by atoms with E-state index in [9.17, 15) is 14.4 Å². The lowest BCUT2D eigenvalue weighted by atomic mass is 10.2. The summed E-state index contributed by atoms with van der Waals surface area (Å²) in [5, 5.41) is 4.82. The molecule has 2 aromatic heterocycles. The molecule has 0 aromatic carbocycles. The van der Waals surface area contributed by atoms with Gasteiger partial charge in [-0.3, -0.25) is 9.59 Å². The number of esters is 1. The maximum Gasteiger partial charge on any atom is 0.329 e. The van der Waals surface area contributed by atoms with Gasteiger partial charge in [-0.05, 0) is 43.3 Å². The Morgan fingerprint density at radius 2 is 2.19 bits per heavy atom. The van der Waals surface area contributed by atoms with Gasteiger partial charge in [0.05, 0.1) is 9.90 Å². The molecule has 0 spiro atoms. The normalized spacial score (nSPS) is 17.4. The van der Waals surface area contributed by atoms with E-state index in [4.69, 9.17) is 16.3 Å². The Hall–Kier alpha value is -2.45. The van der Waals surface area contributed by atoms with Crippen LogP contribution in [-0.2, 0) is 14.3 Å². The lowest BCUT2D eigenvalue weighted by Crippen LogP contribution is -2.43. The maximum absolute atomic E-state index is 12.5. The van der Waals surface area contributed by atoms with Gasteiger partial charge in [0.2, 0.25) is 0 Å². The monoisotopic (exact) mass is 407 g/mol. The third kappa shape index (κ3) is 4.64. The van der Waals surface area contributed by atoms with Crippen LogP contribution >= 0.6 is 22.9 Å². The van der Waals surface area contributed by atoms with Crippen LogP contribution in [0.15, 0.2) is 35.8 Å². The first-order chi connectivity index (χ1) is 13.0. The van der Waals surface area contributed by atoms with E-state index in [0.29, 0.717) is 35.1 Å². The van der Waals surface area contributed by atoms with Crippen molar-refractivity contribution in [1.82, 2.24) is 9.88 Å². The first-order valence-corrected chi connectivity index (χ1v) is 9.69. The first kappa shape index (κ1) is 19.3. The molecule has 0 unspecified atom stereocenters. The van der Waals surface area contributed by atoms with E-state index in [2.05, 4.69) is 10.3 Å². The standard InChI is InChI=1S/C18H18ClN3O4S/c1-11(16(23)21-15-7-6-12(19)10-20-15)26-18(25)13-4-2-8-22(13)17(24)14-5-3-9-27-14/h3,5-7,9-11,13H,2,4,8H2,1H3,(H,20,21,23)/t11-,13+/m1/s1. The molecule has 0 bridgehead atoms. The number of rotatable bonds is 5. The van der Waals surface area contributed by atoms with Crippen molar-refractivity contribution < 1.29 is 19.1 Å². The predicted octanol–water partition coefficient (Wildman–Crippen LogP) is 2.97. The minimum atomic E-state index is -1.02. The number of thiophene rings is 1. The van der Waals surface area contributed by atoms with Crippen LogP contribution in [0.1, 0.15) is 29.4 Å². The third-order valence-corrected chi connectivity index (χ3v) is 5.24. The highest BCUT2D eigenvalue weighted by molar-refractivity contribution is 7.12. The molecule has 9 heteroatoms. The van der Waals surface area contributed by atoms with Crippen LogP contribution < -0.4 is 5.32 Å². The highest BCUT2D eigenvalue weighted by Gasteiger charge is 2.37. The minimum absolute atomic E-state index is 0.188. The molecule has 2 aromatic rings. The molecule has 0 aliphatic carbocycles. The van der Waals surface area contributed by atoms with E-state index in [-0.39, 0.29) is 5.91 Å². The first-order valence-electron chi connectivity index (χ1n) is 8.43. The van der Waals surface area contributed by atoms with E-state index in [1.165, 1.54) is 29.4 Å². The van der Waals surface area contributed by atoms with Crippen molar-refractivity contribution in [1.29, 1.82) is 0 Å². The number of nitrogens with one attached hydrogen (secondary N) is 1. The highest BCUT2D eigenvalue weighted by Crippen LogP contribution is 2.23. The number of ether oxygens (including phenoxy) is 1. The van der Waals surface area contributed by atoms with Crippen LogP contribution in [0.25, 0.3) is 0 Å². The summed E-state index contributed by atoms with van der Waals surface area (Å²) >= 11 is 7.08. The fraction of sp³-hybridized carbons (Fsp3) is 0.333. The summed E-state index contributed by atoms with van der Waals surface area (Å²) in [6, 6.07) is 5.98. The second-order valence-corrected chi connectivity index (χ2v) is 7.45. The number of amides is 2. The van der Waals surface area contributed by atoms with Gasteiger partial charge in [0.1, 0.15) is 11.9 Å². The predicted molar refractivity (Wildman–Crippen MR) is 102 cm³/mol. The van der Waals surface area contributed by atoms with Crippen LogP contribution in [0.5, 0.6) is 0 Å². The topological polar surface area (TPSA) is 88.6 Å². The molecule has 2 atom stereocenters. The number of halogens is 1. The van der Waals surface area contributed by atoms with Crippen molar-refractivity contribution in [2.45, 2.75) is 31.9 Å². The summed E-state index contributed by atoms with van der Waals surface area (Å²) < 4.78 is 5.29. The molecule has 2 amide bonds. The number of carbonyl (C=O) groups is 3. The largest absolute Gasteiger partial charge is 0.451 e. The van der Waals surface area contributed by atoms with Crippen molar-refractivity contribution in [2.75, 3.05) is 11.9 Å². The number of hydrogen-bond acceptors (Lipinski definition) is 6. The third-order valence-electron chi connectivity index (χ3n) is 4.16. The van der Waals surface area contributed by atoms with E-state index in [1.54, 1.807) is 24.3 Å². The molecule has 1 aliphatic rings. The van der Waals surface area contributed by atoms with Gasteiger partial charge in [0.25, 0.3) is 11.8 Å². The van der Waals surface area contributed by atoms with Gasteiger partial charge in [0.15, 0.2) is 6.10 Å². The summed E-state index contributed by atoms with van der Waals surface area (Å²) in [6.07, 6.45) is 1.62. The molecule has 7 nitrogen and oxygen atoms in total. The Labute approximate surface area is 165 Å². The Bertz CT molecular complexity index is 826. The molecule has 1 saturated heterocycles. The number of likely N-dealkylation sites (tertiary alicyclic amines) is 1. The number of anilines is 1. The molecule has 0 radical (unpaired) electrons. The van der Waals surface area contributed by atoms with Crippen molar-refractivity contribution in [3.63, 3.8) is 0 Å². The van der Waals surface area contributed by atoms with Gasteiger partial charge in [-0.15, -0.1) is 11.3 Å². The van der Waals surface area contributed by atoms with Crippen LogP contribution in [0.4, 0.5) is 5.82 Å². The number of carbonyl (C=O) groups excluding carboxylic acids is 3. The van der Waals surface area contributed by atoms with Crippen molar-refractivity contribution in [3.05, 3.63) is 45.7 Å². The number of nitrogens with zero attached hydrogens (tertiary/aromatic N) is 2. The Morgan fingerprint density at radius 1 is 1.37 bits per heavy atom. The number of pyridine rings is 1. The molecular weight excluding hydrogens is 390 g/mol. The molecule has 142 valence electrons. The Balaban J connectivity index is 1.59. The lowest BCUT2D eigenvalue weighted by molar-refractivity contribution is -0.156. The summed E-state index contributed by atoms with van der Waals surface area (Å²) in [6.45, 7) is 1.97. The van der Waals surface area contributed by atoms with E-state index in [0.717, 1.165) is 0 Å². The highest BCUT2D eigenvalue weighted by atomic mass is 35.5. The Morgan fingerprint density at radius 3 is 2.85 bits per heavy atom. The smallest absolute Gasteiger partial charge is 0.329 e. The second kappa shape index (κ2) is 8.49. The molecule has 1 fully saturated rings. The van der Waals surface area contributed by atoms with Gasteiger partial charge in [0, 0.05) is 12.7 Å². The maximum atomic E-state index is 12.5. The molecule has 0 saturated carbocycles. The molecule has 1 N–H and O–H groups in total. The van der Waals surface area contributed by atoms with Gasteiger partial charge >= 0.3 is 5.97 Å². The molecule has 1 aliphatic heterocycles. The van der Waals surface area contributed by atoms with Crippen molar-refractivity contribution in [2.24, 2.45) is 0 Å². The van der Waals surface area contributed by atoms with Crippen LogP contribution in [-0.4, -0.2) is 46.4 Å². The zero-order valence-electron chi connectivity index (χ0n) is 14.6. The summed E-state index contributed by atoms with van der Waals surface area (Å²) in [5.41, 5.74) is 0. The van der Waals surface area contributed by atoms with Gasteiger partial charge in [-0.1, -0.05) is 17.7 Å². The zero-order chi connectivity index (χ0) is 19.4. The van der Waals surface area contributed by atoms with E-state index in [1.807, 2.05) is 5.38 Å². The molecule has 3 rings (SSSR count). The van der Waals surface area contributed by atoms with Crippen LogP contribution in [0.2, 0.25) is 5.02 Å². The molecular formula is C18H18ClN3O4S. The number of hydrogen-bond donors (Lipinski definition) is 1. The summed E-state index contributed by atoms with van der Waals surface area (Å²) in [4.78, 5) is 43.3. The average molecular weight is 408 g/mol. The second-order valence-electron chi connectivity index (χ2n) is 6.06. The minimum Gasteiger partial charge on any atom is -0.451 e. The molecule has 27 heavy (non-hydrogen) atoms. The summed E-state index contributed by atoms with van der Waals surface area (Å²) in [7, 11) is 0. The van der Waals surface area contributed by atoms with Crippen LogP contribution in [0.3, 0.4) is 0 Å². The van der Waals surface area contributed by atoms with E-state index < -0.39 is 24.0 Å². The van der Waals surface area contributed by atoms with Gasteiger partial charge < -0.3 is 15.0 Å². The number of aromatic nitrogens is 1. The fourth-order valence-electron chi connectivity index (χ4n) is 2.78. The fourth-order valence-corrected chi connectivity index (χ4v) is 3.57. The molecule has 3 heterocycles. The quantitative estimate of drug-likeness (QED) is 0.770. The van der Waals surface area contributed by atoms with Crippen molar-refractivity contribution >= 4 is 46.5 Å². The zero-order valence-corrected chi connectivity index (χ0v) is 16.1. The summed E-state index contributed by atoms with van der Waals surface area (Å²) in [5.74, 6) is -0.967. The van der Waals surface area contributed by atoms with Crippen molar-refractivity contribution in [3.8, 4) is 0 Å². The van der Waals surface area contributed by atoms with Gasteiger partial charge in [-0.25, -0.2) is 9.78 Å². The van der Waals surface area contributed by atoms with Crippen LogP contribution in [0, 0.1) is 0 Å². The Kier molecular flexibility index (Phi) is 6.08. The average Bonchev–Trinajstić information content (AvgIpc) is 3.34. The lowest BCUT2D eigenvalue weighted by Gasteiger charge is -2.24.